The molecule has 0 rings (SSSR count). The average molecular weight is 314 g/mol. The van der Waals surface area contributed by atoms with Crippen LogP contribution in [0.4, 0.5) is 0 Å². The van der Waals surface area contributed by atoms with Crippen molar-refractivity contribution in [2.75, 3.05) is 0 Å². The number of hydrogen-bond acceptors (Lipinski definition) is 6. The van der Waals surface area contributed by atoms with Crippen LogP contribution in [0.25, 0.3) is 0 Å². The lowest BCUT2D eigenvalue weighted by Crippen LogP contribution is -2.43. The van der Waals surface area contributed by atoms with E-state index in [-0.39, 0.29) is 5.97 Å². The Morgan fingerprint density at radius 1 is 1.10 bits per heavy atom. The van der Waals surface area contributed by atoms with Crippen LogP contribution in [0.15, 0.2) is 22.6 Å². The van der Waals surface area contributed by atoms with Gasteiger partial charge in [-0.3, -0.25) is 4.79 Å². The summed E-state index contributed by atoms with van der Waals surface area (Å²) in [4.78, 5) is 11.9. The van der Waals surface area contributed by atoms with Crippen molar-refractivity contribution in [3.8, 4) is 0 Å². The molecule has 0 bridgehead atoms. The van der Waals surface area contributed by atoms with E-state index in [4.69, 9.17) is 13.5 Å². The van der Waals surface area contributed by atoms with Crippen molar-refractivity contribution in [2.45, 2.75) is 60.3 Å². The molecule has 6 nitrogen and oxygen atoms in total. The first-order valence-corrected chi connectivity index (χ1v) is 8.89. The Balaban J connectivity index is 4.91. The SMILES string of the molecule is C=C[Si](ON=C(C)C)(ON=C(C)C)OC(=O)CCCCC. The molecule has 0 atom stereocenters. The minimum Gasteiger partial charge on any atom is -0.450 e. The second kappa shape index (κ2) is 10.1. The molecular formula is C14H26N2O4Si. The maximum absolute atomic E-state index is 11.9. The van der Waals surface area contributed by atoms with Crippen molar-refractivity contribution in [3.63, 3.8) is 0 Å². The Hall–Kier alpha value is -1.63. The molecule has 0 aliphatic rings. The van der Waals surface area contributed by atoms with Gasteiger partial charge in [-0.25, -0.2) is 0 Å². The molecule has 0 saturated heterocycles. The van der Waals surface area contributed by atoms with Crippen molar-refractivity contribution in [2.24, 2.45) is 10.3 Å². The molecular weight excluding hydrogens is 288 g/mol. The van der Waals surface area contributed by atoms with Gasteiger partial charge in [0.05, 0.1) is 0 Å². The topological polar surface area (TPSA) is 69.5 Å². The van der Waals surface area contributed by atoms with Crippen molar-refractivity contribution >= 4 is 26.2 Å². The second-order valence-electron chi connectivity index (χ2n) is 5.00. The Labute approximate surface area is 128 Å². The molecule has 0 fully saturated rings. The third-order valence-electron chi connectivity index (χ3n) is 2.20. The average Bonchev–Trinajstić information content (AvgIpc) is 2.42. The summed E-state index contributed by atoms with van der Waals surface area (Å²) in [5, 5.41) is 7.66. The van der Waals surface area contributed by atoms with Gasteiger partial charge >= 0.3 is 8.80 Å². The van der Waals surface area contributed by atoms with Gasteiger partial charge in [0.2, 0.25) is 0 Å². The standard InChI is InChI=1S/C14H26N2O4Si/c1-7-9-10-11-14(17)18-21(8-2,19-15-12(3)4)20-16-13(5)6/h8H,2,7,9-11H2,1,3-6H3. The molecule has 0 spiro atoms. The molecule has 0 amide bonds. The maximum Gasteiger partial charge on any atom is 0.772 e. The van der Waals surface area contributed by atoms with Gasteiger partial charge in [-0.05, 0) is 34.1 Å². The van der Waals surface area contributed by atoms with E-state index < -0.39 is 8.80 Å². The molecule has 0 aromatic carbocycles. The number of nitrogens with zero attached hydrogens (tertiary/aromatic N) is 2. The van der Waals surface area contributed by atoms with E-state index in [1.807, 2.05) is 0 Å². The van der Waals surface area contributed by atoms with Crippen LogP contribution in [0.5, 0.6) is 0 Å². The largest absolute Gasteiger partial charge is 0.772 e. The minimum atomic E-state index is -3.48. The number of hydrogen-bond donors (Lipinski definition) is 0. The smallest absolute Gasteiger partial charge is 0.450 e. The fourth-order valence-electron chi connectivity index (χ4n) is 1.21. The summed E-state index contributed by atoms with van der Waals surface area (Å²) in [5.74, 6) is -0.386. The first kappa shape index (κ1) is 19.4. The molecule has 120 valence electrons. The molecule has 0 aliphatic heterocycles. The summed E-state index contributed by atoms with van der Waals surface area (Å²) >= 11 is 0. The fourth-order valence-corrected chi connectivity index (χ4v) is 2.59. The van der Waals surface area contributed by atoms with E-state index in [9.17, 15) is 4.79 Å². The highest BCUT2D eigenvalue weighted by Gasteiger charge is 2.49. The number of unbranched alkanes of at least 4 members (excludes halogenated alkanes) is 2. The summed E-state index contributed by atoms with van der Waals surface area (Å²) in [5.41, 5.74) is 2.71. The van der Waals surface area contributed by atoms with Gasteiger partial charge in [-0.1, -0.05) is 26.3 Å². The van der Waals surface area contributed by atoms with Gasteiger partial charge in [0.15, 0.2) is 0 Å². The van der Waals surface area contributed by atoms with E-state index in [2.05, 4.69) is 23.8 Å². The van der Waals surface area contributed by atoms with Crippen LogP contribution in [0, 0.1) is 0 Å². The first-order valence-electron chi connectivity index (χ1n) is 7.09. The molecule has 21 heavy (non-hydrogen) atoms. The van der Waals surface area contributed by atoms with Crippen LogP contribution in [0.1, 0.15) is 60.3 Å². The molecule has 0 heterocycles. The highest BCUT2D eigenvalue weighted by Crippen LogP contribution is 2.15. The predicted molar refractivity (Wildman–Crippen MR) is 85.9 cm³/mol. The van der Waals surface area contributed by atoms with Crippen LogP contribution in [-0.2, 0) is 18.3 Å². The van der Waals surface area contributed by atoms with Gasteiger partial charge in [-0.15, -0.1) is 10.3 Å². The number of carbonyl (C=O) groups is 1. The monoisotopic (exact) mass is 314 g/mol. The van der Waals surface area contributed by atoms with Crippen molar-refractivity contribution in [3.05, 3.63) is 12.3 Å². The van der Waals surface area contributed by atoms with Gasteiger partial charge < -0.3 is 13.5 Å². The molecule has 0 radical (unpaired) electrons. The lowest BCUT2D eigenvalue weighted by molar-refractivity contribution is -0.139. The Morgan fingerprint density at radius 3 is 2.00 bits per heavy atom. The summed E-state index contributed by atoms with van der Waals surface area (Å²) in [6.45, 7) is 12.8. The van der Waals surface area contributed by atoms with Gasteiger partial charge in [0.1, 0.15) is 0 Å². The van der Waals surface area contributed by atoms with E-state index in [1.54, 1.807) is 27.7 Å². The predicted octanol–water partition coefficient (Wildman–Crippen LogP) is 3.60. The third kappa shape index (κ3) is 9.01. The number of oxime groups is 2. The van der Waals surface area contributed by atoms with Crippen LogP contribution in [0.3, 0.4) is 0 Å². The quantitative estimate of drug-likeness (QED) is 0.267. The zero-order valence-electron chi connectivity index (χ0n) is 13.6. The molecule has 0 aromatic rings. The van der Waals surface area contributed by atoms with Gasteiger partial charge in [-0.2, -0.15) is 0 Å². The fraction of sp³-hybridized carbons (Fsp3) is 0.643. The summed E-state index contributed by atoms with van der Waals surface area (Å²) in [6, 6.07) is 0. The van der Waals surface area contributed by atoms with E-state index in [1.165, 1.54) is 5.70 Å². The zero-order valence-corrected chi connectivity index (χ0v) is 14.6. The normalized spacial score (nSPS) is 10.3. The van der Waals surface area contributed by atoms with E-state index in [0.717, 1.165) is 19.3 Å². The molecule has 0 aromatic heterocycles. The third-order valence-corrected chi connectivity index (χ3v) is 3.91. The zero-order chi connectivity index (χ0) is 16.3. The van der Waals surface area contributed by atoms with Crippen LogP contribution >= 0.6 is 0 Å². The van der Waals surface area contributed by atoms with Crippen molar-refractivity contribution in [1.29, 1.82) is 0 Å². The molecule has 0 aliphatic carbocycles. The number of carbonyl (C=O) groups excluding carboxylic acids is 1. The molecule has 7 heteroatoms. The Morgan fingerprint density at radius 2 is 1.62 bits per heavy atom. The van der Waals surface area contributed by atoms with E-state index >= 15 is 0 Å². The maximum atomic E-state index is 11.9. The minimum absolute atomic E-state index is 0.312. The van der Waals surface area contributed by atoms with E-state index in [0.29, 0.717) is 17.8 Å². The lowest BCUT2D eigenvalue weighted by Gasteiger charge is -2.20. The van der Waals surface area contributed by atoms with Crippen molar-refractivity contribution < 1.29 is 18.3 Å². The Kier molecular flexibility index (Phi) is 9.36. The number of rotatable bonds is 10. The summed E-state index contributed by atoms with van der Waals surface area (Å²) in [7, 11) is -3.48. The van der Waals surface area contributed by atoms with Crippen LogP contribution < -0.4 is 0 Å². The highest BCUT2D eigenvalue weighted by molar-refractivity contribution is 6.67. The first-order chi connectivity index (χ1) is 9.85. The summed E-state index contributed by atoms with van der Waals surface area (Å²) < 4.78 is 16.0. The molecule has 0 saturated carbocycles. The van der Waals surface area contributed by atoms with Gasteiger partial charge in [0, 0.05) is 23.5 Å². The van der Waals surface area contributed by atoms with Crippen LogP contribution in [0.2, 0.25) is 0 Å². The van der Waals surface area contributed by atoms with Gasteiger partial charge in [0.25, 0.3) is 5.97 Å². The highest BCUT2D eigenvalue weighted by atomic mass is 28.4. The summed E-state index contributed by atoms with van der Waals surface area (Å²) in [6.07, 6.45) is 3.08. The Bertz CT molecular complexity index is 380. The molecule has 0 N–H and O–H groups in total. The lowest BCUT2D eigenvalue weighted by atomic mass is 10.2. The van der Waals surface area contributed by atoms with Crippen molar-refractivity contribution in [1.82, 2.24) is 0 Å². The second-order valence-corrected chi connectivity index (χ2v) is 7.18. The molecule has 0 unspecified atom stereocenters. The van der Waals surface area contributed by atoms with Crippen LogP contribution in [-0.4, -0.2) is 26.2 Å².